The van der Waals surface area contributed by atoms with Gasteiger partial charge in [0.15, 0.2) is 0 Å². The zero-order chi connectivity index (χ0) is 15.1. The summed E-state index contributed by atoms with van der Waals surface area (Å²) in [6.45, 7) is 0. The quantitative estimate of drug-likeness (QED) is 0.660. The van der Waals surface area contributed by atoms with Crippen molar-refractivity contribution in [2.24, 2.45) is 5.10 Å². The highest BCUT2D eigenvalue weighted by Crippen LogP contribution is 2.09. The Kier molecular flexibility index (Phi) is 5.40. The second-order valence-electron chi connectivity index (χ2n) is 4.15. The number of carbonyl (C=O) groups excluding carboxylic acids is 1. The van der Waals surface area contributed by atoms with Gasteiger partial charge in [0, 0.05) is 10.0 Å². The predicted molar refractivity (Wildman–Crippen MR) is 85.7 cm³/mol. The maximum atomic E-state index is 12.7. The van der Waals surface area contributed by atoms with Gasteiger partial charge >= 0.3 is 0 Å². The maximum Gasteiger partial charge on any atom is 0.271 e. The topological polar surface area (TPSA) is 41.5 Å². The van der Waals surface area contributed by atoms with Crippen LogP contribution < -0.4 is 5.43 Å². The van der Waals surface area contributed by atoms with Crippen molar-refractivity contribution in [3.8, 4) is 0 Å². The number of rotatable bonds is 4. The fraction of sp³-hybridized carbons (Fsp3) is 0. The molecule has 1 amide bonds. The Labute approximate surface area is 130 Å². The van der Waals surface area contributed by atoms with Crippen LogP contribution in [0.15, 0.2) is 64.2 Å². The van der Waals surface area contributed by atoms with Gasteiger partial charge in [0.1, 0.15) is 5.82 Å². The third kappa shape index (κ3) is 4.96. The smallest absolute Gasteiger partial charge is 0.267 e. The minimum Gasteiger partial charge on any atom is -0.267 e. The van der Waals surface area contributed by atoms with Gasteiger partial charge < -0.3 is 0 Å². The molecule has 0 bridgehead atoms. The number of hydrogen-bond acceptors (Lipinski definition) is 2. The summed E-state index contributed by atoms with van der Waals surface area (Å²) in [6, 6.07) is 14.9. The van der Waals surface area contributed by atoms with Crippen molar-refractivity contribution < 1.29 is 9.18 Å². The molecule has 1 N–H and O–H groups in total. The molecule has 0 fully saturated rings. The number of hydrazone groups is 1. The van der Waals surface area contributed by atoms with Crippen molar-refractivity contribution in [3.05, 3.63) is 76.0 Å². The Bertz CT molecular complexity index is 666. The molecule has 0 aliphatic carbocycles. The van der Waals surface area contributed by atoms with Crippen LogP contribution >= 0.6 is 15.9 Å². The first kappa shape index (κ1) is 15.1. The van der Waals surface area contributed by atoms with Crippen LogP contribution in [0.3, 0.4) is 0 Å². The fourth-order valence-electron chi connectivity index (χ4n) is 1.56. The van der Waals surface area contributed by atoms with Crippen molar-refractivity contribution in [2.45, 2.75) is 0 Å². The number of carbonyl (C=O) groups is 1. The molecule has 21 heavy (non-hydrogen) atoms. The molecule has 5 heteroatoms. The van der Waals surface area contributed by atoms with Crippen LogP contribution in [0.25, 0.3) is 6.08 Å². The normalized spacial score (nSPS) is 11.6. The number of nitrogens with zero attached hydrogens (tertiary/aromatic N) is 1. The lowest BCUT2D eigenvalue weighted by molar-refractivity contribution is 0.0955. The molecule has 0 aliphatic rings. The van der Waals surface area contributed by atoms with E-state index in [9.17, 15) is 9.18 Å². The lowest BCUT2D eigenvalue weighted by atomic mass is 10.2. The first-order valence-electron chi connectivity index (χ1n) is 6.16. The highest BCUT2D eigenvalue weighted by molar-refractivity contribution is 9.12. The third-order valence-corrected chi connectivity index (χ3v) is 3.00. The van der Waals surface area contributed by atoms with E-state index in [-0.39, 0.29) is 5.82 Å². The maximum absolute atomic E-state index is 12.7. The van der Waals surface area contributed by atoms with E-state index in [1.807, 2.05) is 36.4 Å². The van der Waals surface area contributed by atoms with Gasteiger partial charge in [0.25, 0.3) is 5.91 Å². The standard InChI is InChI=1S/C16H12BrFN2O/c17-14(10-12-4-2-1-3-5-12)11-19-20-16(21)13-6-8-15(18)9-7-13/h1-11H,(H,20,21). The molecule has 0 aliphatic heterocycles. The third-order valence-electron chi connectivity index (χ3n) is 2.56. The zero-order valence-corrected chi connectivity index (χ0v) is 12.5. The average Bonchev–Trinajstić information content (AvgIpc) is 2.49. The van der Waals surface area contributed by atoms with Gasteiger partial charge in [-0.25, -0.2) is 9.82 Å². The van der Waals surface area contributed by atoms with E-state index in [1.165, 1.54) is 30.5 Å². The van der Waals surface area contributed by atoms with Crippen molar-refractivity contribution in [1.82, 2.24) is 5.43 Å². The van der Waals surface area contributed by atoms with Crippen molar-refractivity contribution >= 4 is 34.1 Å². The molecule has 2 rings (SSSR count). The average molecular weight is 347 g/mol. The SMILES string of the molecule is O=C(NN=CC(Br)=Cc1ccccc1)c1ccc(F)cc1. The molecule has 3 nitrogen and oxygen atoms in total. The van der Waals surface area contributed by atoms with Crippen molar-refractivity contribution in [1.29, 1.82) is 0 Å². The second-order valence-corrected chi connectivity index (χ2v) is 5.06. The highest BCUT2D eigenvalue weighted by atomic mass is 79.9. The van der Waals surface area contributed by atoms with Gasteiger partial charge in [-0.2, -0.15) is 5.10 Å². The lowest BCUT2D eigenvalue weighted by Gasteiger charge is -1.99. The highest BCUT2D eigenvalue weighted by Gasteiger charge is 2.03. The lowest BCUT2D eigenvalue weighted by Crippen LogP contribution is -2.17. The predicted octanol–water partition coefficient (Wildman–Crippen LogP) is 3.98. The van der Waals surface area contributed by atoms with Crippen LogP contribution in [0.4, 0.5) is 4.39 Å². The number of nitrogens with one attached hydrogen (secondary N) is 1. The Morgan fingerprint density at radius 1 is 1.10 bits per heavy atom. The number of halogens is 2. The zero-order valence-electron chi connectivity index (χ0n) is 11.0. The number of amides is 1. The molecule has 0 saturated heterocycles. The van der Waals surface area contributed by atoms with Crippen LogP contribution in [0.1, 0.15) is 15.9 Å². The molecule has 0 heterocycles. The summed E-state index contributed by atoms with van der Waals surface area (Å²) < 4.78 is 13.5. The van der Waals surface area contributed by atoms with Crippen LogP contribution in [-0.4, -0.2) is 12.1 Å². The second kappa shape index (κ2) is 7.50. The molecule has 106 valence electrons. The molecular formula is C16H12BrFN2O. The van der Waals surface area contributed by atoms with Crippen molar-refractivity contribution in [3.63, 3.8) is 0 Å². The molecule has 0 spiro atoms. The molecule has 0 unspecified atom stereocenters. The van der Waals surface area contributed by atoms with Gasteiger partial charge in [-0.3, -0.25) is 4.79 Å². The largest absolute Gasteiger partial charge is 0.271 e. The van der Waals surface area contributed by atoms with Crippen LogP contribution in [0.2, 0.25) is 0 Å². The summed E-state index contributed by atoms with van der Waals surface area (Å²) in [5.74, 6) is -0.783. The van der Waals surface area contributed by atoms with Gasteiger partial charge in [-0.05, 0) is 51.8 Å². The van der Waals surface area contributed by atoms with Gasteiger partial charge in [0.05, 0.1) is 6.21 Å². The van der Waals surface area contributed by atoms with Crippen molar-refractivity contribution in [2.75, 3.05) is 0 Å². The summed E-state index contributed by atoms with van der Waals surface area (Å²) in [6.07, 6.45) is 3.35. The van der Waals surface area contributed by atoms with E-state index in [0.717, 1.165) is 5.56 Å². The minimum absolute atomic E-state index is 0.344. The number of benzene rings is 2. The summed E-state index contributed by atoms with van der Waals surface area (Å²) in [7, 11) is 0. The molecular weight excluding hydrogens is 335 g/mol. The van der Waals surface area contributed by atoms with E-state index >= 15 is 0 Å². The molecule has 0 saturated carbocycles. The molecule has 2 aromatic rings. The fourth-order valence-corrected chi connectivity index (χ4v) is 1.93. The number of allylic oxidation sites excluding steroid dienone is 1. The first-order valence-corrected chi connectivity index (χ1v) is 6.95. The van der Waals surface area contributed by atoms with E-state index in [4.69, 9.17) is 0 Å². The Hall–Kier alpha value is -2.27. The monoisotopic (exact) mass is 346 g/mol. The molecule has 0 radical (unpaired) electrons. The molecule has 0 atom stereocenters. The van der Waals surface area contributed by atoms with Gasteiger partial charge in [-0.15, -0.1) is 0 Å². The van der Waals surface area contributed by atoms with Gasteiger partial charge in [0.2, 0.25) is 0 Å². The Morgan fingerprint density at radius 2 is 1.76 bits per heavy atom. The summed E-state index contributed by atoms with van der Waals surface area (Å²) in [5, 5.41) is 3.83. The van der Waals surface area contributed by atoms with Crippen LogP contribution in [0.5, 0.6) is 0 Å². The summed E-state index contributed by atoms with van der Waals surface area (Å²) in [4.78, 5) is 11.7. The van der Waals surface area contributed by atoms with E-state index in [0.29, 0.717) is 10.0 Å². The first-order chi connectivity index (χ1) is 10.1. The molecule has 0 aromatic heterocycles. The Balaban J connectivity index is 1.94. The van der Waals surface area contributed by atoms with E-state index in [1.54, 1.807) is 0 Å². The summed E-state index contributed by atoms with van der Waals surface area (Å²) >= 11 is 3.34. The van der Waals surface area contributed by atoms with E-state index < -0.39 is 5.91 Å². The summed E-state index contributed by atoms with van der Waals surface area (Å²) in [5.41, 5.74) is 3.73. The van der Waals surface area contributed by atoms with Crippen LogP contribution in [-0.2, 0) is 0 Å². The van der Waals surface area contributed by atoms with Crippen LogP contribution in [0, 0.1) is 5.82 Å². The van der Waals surface area contributed by atoms with E-state index in [2.05, 4.69) is 26.5 Å². The molecule has 2 aromatic carbocycles. The number of hydrogen-bond donors (Lipinski definition) is 1. The van der Waals surface area contributed by atoms with Gasteiger partial charge in [-0.1, -0.05) is 30.3 Å². The Morgan fingerprint density at radius 3 is 2.43 bits per heavy atom. The minimum atomic E-state index is -0.397.